The van der Waals surface area contributed by atoms with Crippen LogP contribution in [-0.4, -0.2) is 37.3 Å². The van der Waals surface area contributed by atoms with Gasteiger partial charge in [-0.15, -0.1) is 0 Å². The van der Waals surface area contributed by atoms with E-state index in [1.165, 1.54) is 0 Å². The number of carbonyl (C=O) groups excluding carboxylic acids is 2. The standard InChI is InChI=1S/C15H19N3O3/c1-3-16-14(19)10-21-15(20)12-4-6-13(7-5-12)18-9-8-11(2)17-18/h4-7H,3,8-10H2,1-2H3,(H,16,19). The van der Waals surface area contributed by atoms with E-state index in [-0.39, 0.29) is 12.5 Å². The number of nitrogens with zero attached hydrogens (tertiary/aromatic N) is 2. The molecule has 1 N–H and O–H groups in total. The number of hydrazone groups is 1. The van der Waals surface area contributed by atoms with E-state index in [1.54, 1.807) is 19.1 Å². The first-order valence-electron chi connectivity index (χ1n) is 6.95. The Morgan fingerprint density at radius 2 is 2.05 bits per heavy atom. The Morgan fingerprint density at radius 1 is 1.33 bits per heavy atom. The quantitative estimate of drug-likeness (QED) is 0.835. The van der Waals surface area contributed by atoms with E-state index in [2.05, 4.69) is 10.4 Å². The zero-order valence-electron chi connectivity index (χ0n) is 12.3. The number of esters is 1. The number of benzene rings is 1. The van der Waals surface area contributed by atoms with E-state index in [4.69, 9.17) is 4.74 Å². The molecular weight excluding hydrogens is 270 g/mol. The van der Waals surface area contributed by atoms with Gasteiger partial charge in [-0.05, 0) is 38.1 Å². The molecule has 0 atom stereocenters. The van der Waals surface area contributed by atoms with Crippen molar-refractivity contribution in [1.82, 2.24) is 5.32 Å². The number of hydrogen-bond acceptors (Lipinski definition) is 5. The van der Waals surface area contributed by atoms with Crippen LogP contribution in [0.25, 0.3) is 0 Å². The number of amides is 1. The highest BCUT2D eigenvalue weighted by atomic mass is 16.5. The molecule has 1 aromatic rings. The van der Waals surface area contributed by atoms with Gasteiger partial charge in [0.05, 0.1) is 11.3 Å². The van der Waals surface area contributed by atoms with E-state index >= 15 is 0 Å². The molecule has 6 heteroatoms. The van der Waals surface area contributed by atoms with Gasteiger partial charge in [0.2, 0.25) is 0 Å². The second kappa shape index (κ2) is 6.88. The summed E-state index contributed by atoms with van der Waals surface area (Å²) in [6, 6.07) is 7.01. The molecule has 0 bridgehead atoms. The van der Waals surface area contributed by atoms with Crippen LogP contribution in [0.15, 0.2) is 29.4 Å². The van der Waals surface area contributed by atoms with Crippen LogP contribution in [0, 0.1) is 0 Å². The molecule has 0 spiro atoms. The van der Waals surface area contributed by atoms with Gasteiger partial charge in [0.15, 0.2) is 6.61 Å². The smallest absolute Gasteiger partial charge is 0.338 e. The highest BCUT2D eigenvalue weighted by Gasteiger charge is 2.14. The first kappa shape index (κ1) is 15.0. The molecule has 0 saturated carbocycles. The second-order valence-electron chi connectivity index (χ2n) is 4.78. The summed E-state index contributed by atoms with van der Waals surface area (Å²) in [5.74, 6) is -0.807. The molecule has 21 heavy (non-hydrogen) atoms. The average Bonchev–Trinajstić information content (AvgIpc) is 2.92. The van der Waals surface area contributed by atoms with Crippen molar-refractivity contribution in [3.05, 3.63) is 29.8 Å². The summed E-state index contributed by atoms with van der Waals surface area (Å²) >= 11 is 0. The van der Waals surface area contributed by atoms with Gasteiger partial charge < -0.3 is 10.1 Å². The summed E-state index contributed by atoms with van der Waals surface area (Å²) < 4.78 is 4.93. The lowest BCUT2D eigenvalue weighted by molar-refractivity contribution is -0.124. The van der Waals surface area contributed by atoms with E-state index < -0.39 is 5.97 Å². The van der Waals surface area contributed by atoms with Crippen LogP contribution in [0.5, 0.6) is 0 Å². The number of likely N-dealkylation sites (N-methyl/N-ethyl adjacent to an activating group) is 1. The summed E-state index contributed by atoms with van der Waals surface area (Å²) in [4.78, 5) is 23.0. The number of anilines is 1. The van der Waals surface area contributed by atoms with Gasteiger partial charge >= 0.3 is 5.97 Å². The topological polar surface area (TPSA) is 71.0 Å². The van der Waals surface area contributed by atoms with Crippen LogP contribution in [0.2, 0.25) is 0 Å². The Morgan fingerprint density at radius 3 is 2.62 bits per heavy atom. The van der Waals surface area contributed by atoms with Crippen molar-refractivity contribution in [3.8, 4) is 0 Å². The minimum atomic E-state index is -0.506. The molecule has 112 valence electrons. The zero-order valence-corrected chi connectivity index (χ0v) is 12.3. The molecule has 0 fully saturated rings. The number of nitrogens with one attached hydrogen (secondary N) is 1. The Labute approximate surface area is 123 Å². The Hall–Kier alpha value is -2.37. The number of rotatable bonds is 5. The summed E-state index contributed by atoms with van der Waals surface area (Å²) in [6.45, 7) is 4.91. The van der Waals surface area contributed by atoms with E-state index in [0.717, 1.165) is 24.4 Å². The molecule has 1 aliphatic rings. The molecule has 1 aliphatic heterocycles. The molecule has 1 aromatic carbocycles. The maximum Gasteiger partial charge on any atom is 0.338 e. The van der Waals surface area contributed by atoms with Crippen molar-refractivity contribution in [2.24, 2.45) is 5.10 Å². The maximum atomic E-state index is 11.8. The second-order valence-corrected chi connectivity index (χ2v) is 4.78. The van der Waals surface area contributed by atoms with Gasteiger partial charge in [0.25, 0.3) is 5.91 Å². The van der Waals surface area contributed by atoms with Gasteiger partial charge in [-0.1, -0.05) is 0 Å². The van der Waals surface area contributed by atoms with Gasteiger partial charge in [-0.3, -0.25) is 9.80 Å². The fourth-order valence-electron chi connectivity index (χ4n) is 1.99. The third-order valence-corrected chi connectivity index (χ3v) is 3.09. The predicted molar refractivity (Wildman–Crippen MR) is 80.5 cm³/mol. The van der Waals surface area contributed by atoms with Gasteiger partial charge in [-0.25, -0.2) is 4.79 Å². The first-order valence-corrected chi connectivity index (χ1v) is 6.95. The van der Waals surface area contributed by atoms with E-state index in [0.29, 0.717) is 12.1 Å². The number of hydrogen-bond donors (Lipinski definition) is 1. The fourth-order valence-corrected chi connectivity index (χ4v) is 1.99. The Kier molecular flexibility index (Phi) is 4.92. The van der Waals surface area contributed by atoms with Gasteiger partial charge in [0.1, 0.15) is 0 Å². The molecule has 0 saturated heterocycles. The van der Waals surface area contributed by atoms with Crippen LogP contribution in [-0.2, 0) is 9.53 Å². The number of ether oxygens (including phenoxy) is 1. The normalized spacial score (nSPS) is 13.8. The largest absolute Gasteiger partial charge is 0.452 e. The molecule has 1 heterocycles. The minimum absolute atomic E-state index is 0.260. The molecule has 0 aromatic heterocycles. The lowest BCUT2D eigenvalue weighted by Crippen LogP contribution is -2.28. The monoisotopic (exact) mass is 289 g/mol. The highest BCUT2D eigenvalue weighted by Crippen LogP contribution is 2.20. The molecule has 1 amide bonds. The molecule has 2 rings (SSSR count). The minimum Gasteiger partial charge on any atom is -0.452 e. The zero-order chi connectivity index (χ0) is 15.2. The van der Waals surface area contributed by atoms with Crippen LogP contribution in [0.3, 0.4) is 0 Å². The third-order valence-electron chi connectivity index (χ3n) is 3.09. The highest BCUT2D eigenvalue weighted by molar-refractivity contribution is 5.92. The number of carbonyl (C=O) groups is 2. The van der Waals surface area contributed by atoms with Gasteiger partial charge in [0, 0.05) is 25.2 Å². The molecular formula is C15H19N3O3. The molecule has 0 aliphatic carbocycles. The summed E-state index contributed by atoms with van der Waals surface area (Å²) in [7, 11) is 0. The Balaban J connectivity index is 1.92. The molecule has 0 unspecified atom stereocenters. The van der Waals surface area contributed by atoms with Crippen LogP contribution >= 0.6 is 0 Å². The van der Waals surface area contributed by atoms with Crippen molar-refractivity contribution < 1.29 is 14.3 Å². The summed E-state index contributed by atoms with van der Waals surface area (Å²) in [5.41, 5.74) is 2.45. The van der Waals surface area contributed by atoms with Crippen LogP contribution < -0.4 is 10.3 Å². The van der Waals surface area contributed by atoms with E-state index in [9.17, 15) is 9.59 Å². The van der Waals surface area contributed by atoms with Gasteiger partial charge in [-0.2, -0.15) is 5.10 Å². The van der Waals surface area contributed by atoms with Crippen molar-refractivity contribution in [1.29, 1.82) is 0 Å². The summed E-state index contributed by atoms with van der Waals surface area (Å²) in [5, 5.41) is 8.86. The lowest BCUT2D eigenvalue weighted by atomic mass is 10.2. The Bertz CT molecular complexity index is 552. The van der Waals surface area contributed by atoms with Crippen molar-refractivity contribution in [2.45, 2.75) is 20.3 Å². The van der Waals surface area contributed by atoms with Crippen molar-refractivity contribution in [3.63, 3.8) is 0 Å². The summed E-state index contributed by atoms with van der Waals surface area (Å²) in [6.07, 6.45) is 0.955. The van der Waals surface area contributed by atoms with Crippen LogP contribution in [0.1, 0.15) is 30.6 Å². The predicted octanol–water partition coefficient (Wildman–Crippen LogP) is 1.57. The average molecular weight is 289 g/mol. The van der Waals surface area contributed by atoms with Crippen molar-refractivity contribution in [2.75, 3.05) is 24.7 Å². The molecule has 0 radical (unpaired) electrons. The van der Waals surface area contributed by atoms with Crippen LogP contribution in [0.4, 0.5) is 5.69 Å². The van der Waals surface area contributed by atoms with Crippen molar-refractivity contribution >= 4 is 23.3 Å². The fraction of sp³-hybridized carbons (Fsp3) is 0.400. The first-order chi connectivity index (χ1) is 10.1. The SMILES string of the molecule is CCNC(=O)COC(=O)c1ccc(N2CCC(C)=N2)cc1. The molecule has 6 nitrogen and oxygen atoms in total. The van der Waals surface area contributed by atoms with E-state index in [1.807, 2.05) is 24.1 Å². The lowest BCUT2D eigenvalue weighted by Gasteiger charge is -2.13. The maximum absolute atomic E-state index is 11.8. The third kappa shape index (κ3) is 4.05.